The fourth-order valence-electron chi connectivity index (χ4n) is 3.30. The minimum atomic E-state index is -2.90. The van der Waals surface area contributed by atoms with E-state index in [2.05, 4.69) is 5.32 Å². The van der Waals surface area contributed by atoms with Gasteiger partial charge in [0.05, 0.1) is 18.1 Å². The predicted octanol–water partition coefficient (Wildman–Crippen LogP) is 0.233. The van der Waals surface area contributed by atoms with E-state index < -0.39 is 9.84 Å². The molecule has 144 valence electrons. The fraction of sp³-hybridized carbons (Fsp3) is 0.875. The summed E-state index contributed by atoms with van der Waals surface area (Å²) in [4.78, 5) is 27.4. The van der Waals surface area contributed by atoms with Crippen molar-refractivity contribution in [1.82, 2.24) is 15.1 Å². The molecule has 0 aliphatic carbocycles. The van der Waals surface area contributed by atoms with Crippen LogP contribution in [-0.4, -0.2) is 87.1 Å². The molecule has 0 radical (unpaired) electrons. The molecule has 2 rings (SSSR count). The Morgan fingerprint density at radius 3 is 2.48 bits per heavy atom. The van der Waals surface area contributed by atoms with Gasteiger partial charge in [-0.25, -0.2) is 13.2 Å². The minimum Gasteiger partial charge on any atom is -0.450 e. The van der Waals surface area contributed by atoms with Crippen LogP contribution in [0.15, 0.2) is 0 Å². The van der Waals surface area contributed by atoms with Crippen LogP contribution in [0.5, 0.6) is 0 Å². The summed E-state index contributed by atoms with van der Waals surface area (Å²) in [5.41, 5.74) is 0. The summed E-state index contributed by atoms with van der Waals surface area (Å²) in [7, 11) is -1.03. The van der Waals surface area contributed by atoms with Crippen molar-refractivity contribution in [2.24, 2.45) is 0 Å². The normalized spacial score (nSPS) is 23.6. The molecule has 0 aromatic rings. The van der Waals surface area contributed by atoms with Gasteiger partial charge in [0.1, 0.15) is 0 Å². The quantitative estimate of drug-likeness (QED) is 0.714. The van der Waals surface area contributed by atoms with Gasteiger partial charge < -0.3 is 19.9 Å². The topological polar surface area (TPSA) is 96.0 Å². The standard InChI is InChI=1S/C16H29N3O5S/c1-3-24-16(21)19-9-4-13(5-10-19)17-15(20)6-8-18(2)14-7-11-25(22,23)12-14/h13-14H,3-12H2,1-2H3,(H,17,20). The first-order valence-corrected chi connectivity index (χ1v) is 10.7. The highest BCUT2D eigenvalue weighted by Crippen LogP contribution is 2.17. The van der Waals surface area contributed by atoms with Crippen LogP contribution in [0.2, 0.25) is 0 Å². The predicted molar refractivity (Wildman–Crippen MR) is 94.1 cm³/mol. The Bertz CT molecular complexity index is 572. The van der Waals surface area contributed by atoms with Crippen molar-refractivity contribution in [3.63, 3.8) is 0 Å². The fourth-order valence-corrected chi connectivity index (χ4v) is 5.11. The molecule has 2 fully saturated rings. The van der Waals surface area contributed by atoms with Crippen LogP contribution in [0.1, 0.15) is 32.6 Å². The van der Waals surface area contributed by atoms with Crippen LogP contribution in [0.25, 0.3) is 0 Å². The van der Waals surface area contributed by atoms with E-state index in [1.54, 1.807) is 11.8 Å². The number of carbonyl (C=O) groups excluding carboxylic acids is 2. The highest BCUT2D eigenvalue weighted by molar-refractivity contribution is 7.91. The zero-order valence-corrected chi connectivity index (χ0v) is 15.9. The SMILES string of the molecule is CCOC(=O)N1CCC(NC(=O)CCN(C)C2CCS(=O)(=O)C2)CC1. The number of piperidine rings is 1. The third kappa shape index (κ3) is 6.14. The molecular weight excluding hydrogens is 346 g/mol. The van der Waals surface area contributed by atoms with Crippen molar-refractivity contribution >= 4 is 21.8 Å². The zero-order valence-electron chi connectivity index (χ0n) is 15.1. The van der Waals surface area contributed by atoms with Gasteiger partial charge in [-0.15, -0.1) is 0 Å². The highest BCUT2D eigenvalue weighted by Gasteiger charge is 2.30. The number of nitrogens with one attached hydrogen (secondary N) is 1. The van der Waals surface area contributed by atoms with Gasteiger partial charge in [0, 0.05) is 38.1 Å². The molecule has 1 atom stereocenters. The molecule has 2 heterocycles. The van der Waals surface area contributed by atoms with Gasteiger partial charge in [-0.2, -0.15) is 0 Å². The summed E-state index contributed by atoms with van der Waals surface area (Å²) in [6.45, 7) is 3.87. The molecule has 2 aliphatic heterocycles. The Morgan fingerprint density at radius 1 is 1.24 bits per heavy atom. The van der Waals surface area contributed by atoms with E-state index in [1.165, 1.54) is 0 Å². The van der Waals surface area contributed by atoms with Gasteiger partial charge >= 0.3 is 6.09 Å². The molecule has 0 saturated carbocycles. The van der Waals surface area contributed by atoms with Gasteiger partial charge in [0.25, 0.3) is 0 Å². The Morgan fingerprint density at radius 2 is 1.92 bits per heavy atom. The van der Waals surface area contributed by atoms with Gasteiger partial charge in [0.15, 0.2) is 9.84 Å². The molecule has 1 N–H and O–H groups in total. The molecule has 9 heteroatoms. The Hall–Kier alpha value is -1.35. The van der Waals surface area contributed by atoms with Crippen molar-refractivity contribution < 1.29 is 22.7 Å². The van der Waals surface area contributed by atoms with Gasteiger partial charge in [0.2, 0.25) is 5.91 Å². The summed E-state index contributed by atoms with van der Waals surface area (Å²) < 4.78 is 28.0. The molecule has 0 aromatic heterocycles. The Balaban J connectivity index is 1.65. The number of likely N-dealkylation sites (tertiary alicyclic amines) is 1. The largest absolute Gasteiger partial charge is 0.450 e. The number of ether oxygens (including phenoxy) is 1. The van der Waals surface area contributed by atoms with Crippen molar-refractivity contribution in [3.05, 3.63) is 0 Å². The lowest BCUT2D eigenvalue weighted by Crippen LogP contribution is -2.47. The smallest absolute Gasteiger partial charge is 0.409 e. The molecule has 1 unspecified atom stereocenters. The van der Waals surface area contributed by atoms with Crippen molar-refractivity contribution in [1.29, 1.82) is 0 Å². The first-order valence-electron chi connectivity index (χ1n) is 8.92. The second-order valence-electron chi connectivity index (χ2n) is 6.82. The molecule has 0 spiro atoms. The van der Waals surface area contributed by atoms with Crippen LogP contribution in [0.4, 0.5) is 4.79 Å². The second-order valence-corrected chi connectivity index (χ2v) is 9.04. The number of rotatable bonds is 6. The van der Waals surface area contributed by atoms with Crippen molar-refractivity contribution in [2.75, 3.05) is 44.8 Å². The van der Waals surface area contributed by atoms with E-state index in [0.29, 0.717) is 39.1 Å². The molecule has 8 nitrogen and oxygen atoms in total. The first-order chi connectivity index (χ1) is 11.8. The van der Waals surface area contributed by atoms with E-state index in [9.17, 15) is 18.0 Å². The summed E-state index contributed by atoms with van der Waals surface area (Å²) in [5, 5.41) is 3.01. The number of nitrogens with zero attached hydrogens (tertiary/aromatic N) is 2. The lowest BCUT2D eigenvalue weighted by Gasteiger charge is -2.31. The van der Waals surface area contributed by atoms with Crippen molar-refractivity contribution in [3.8, 4) is 0 Å². The molecule has 2 aliphatic rings. The first kappa shape index (κ1) is 20.0. The number of sulfone groups is 1. The van der Waals surface area contributed by atoms with Crippen LogP contribution in [0.3, 0.4) is 0 Å². The van der Waals surface area contributed by atoms with Gasteiger partial charge in [-0.3, -0.25) is 4.79 Å². The molecule has 2 amide bonds. The Kier molecular flexibility index (Phi) is 7.06. The summed E-state index contributed by atoms with van der Waals surface area (Å²) in [6.07, 6.45) is 2.15. The summed E-state index contributed by atoms with van der Waals surface area (Å²) in [5.74, 6) is 0.410. The van der Waals surface area contributed by atoms with Crippen LogP contribution in [-0.2, 0) is 19.4 Å². The Labute approximate surface area is 149 Å². The van der Waals surface area contributed by atoms with Crippen LogP contribution >= 0.6 is 0 Å². The van der Waals surface area contributed by atoms with Crippen LogP contribution < -0.4 is 5.32 Å². The zero-order chi connectivity index (χ0) is 18.4. The van der Waals surface area contributed by atoms with Gasteiger partial charge in [-0.1, -0.05) is 0 Å². The third-order valence-corrected chi connectivity index (χ3v) is 6.66. The monoisotopic (exact) mass is 375 g/mol. The highest BCUT2D eigenvalue weighted by atomic mass is 32.2. The maximum absolute atomic E-state index is 12.1. The number of amides is 2. The molecular formula is C16H29N3O5S. The molecule has 0 aromatic carbocycles. The number of carbonyl (C=O) groups is 2. The van der Waals surface area contributed by atoms with Gasteiger partial charge in [-0.05, 0) is 33.2 Å². The van der Waals surface area contributed by atoms with E-state index in [-0.39, 0.29) is 35.6 Å². The maximum atomic E-state index is 12.1. The maximum Gasteiger partial charge on any atom is 0.409 e. The molecule has 2 saturated heterocycles. The average molecular weight is 375 g/mol. The van der Waals surface area contributed by atoms with Crippen molar-refractivity contribution in [2.45, 2.75) is 44.7 Å². The molecule has 25 heavy (non-hydrogen) atoms. The van der Waals surface area contributed by atoms with E-state index >= 15 is 0 Å². The van der Waals surface area contributed by atoms with E-state index in [1.807, 2.05) is 11.9 Å². The van der Waals surface area contributed by atoms with E-state index in [4.69, 9.17) is 4.74 Å². The van der Waals surface area contributed by atoms with E-state index in [0.717, 1.165) is 12.8 Å². The summed E-state index contributed by atoms with van der Waals surface area (Å²) in [6, 6.07) is 0.0981. The third-order valence-electron chi connectivity index (χ3n) is 4.91. The summed E-state index contributed by atoms with van der Waals surface area (Å²) >= 11 is 0. The average Bonchev–Trinajstić information content (AvgIpc) is 2.93. The molecule has 0 bridgehead atoms. The lowest BCUT2D eigenvalue weighted by molar-refractivity contribution is -0.122. The lowest BCUT2D eigenvalue weighted by atomic mass is 10.1. The minimum absolute atomic E-state index is 0.0191. The van der Waals surface area contributed by atoms with Crippen LogP contribution in [0, 0.1) is 0 Å². The number of hydrogen-bond donors (Lipinski definition) is 1. The second kappa shape index (κ2) is 8.84. The number of hydrogen-bond acceptors (Lipinski definition) is 6.